The van der Waals surface area contributed by atoms with E-state index in [1.54, 1.807) is 0 Å². The number of hydrogen-bond donors (Lipinski definition) is 1. The third-order valence-corrected chi connectivity index (χ3v) is 3.64. The fraction of sp³-hybridized carbons (Fsp3) is 0.643. The maximum atomic E-state index is 5.59. The number of pyridine rings is 1. The maximum Gasteiger partial charge on any atom is 0.168 e. The summed E-state index contributed by atoms with van der Waals surface area (Å²) in [5.41, 5.74) is 0.348. The van der Waals surface area contributed by atoms with Crippen LogP contribution in [0.1, 0.15) is 40.0 Å². The maximum absolute atomic E-state index is 5.59. The molecule has 0 aliphatic heterocycles. The molecule has 3 nitrogen and oxygen atoms in total. The van der Waals surface area contributed by atoms with Crippen molar-refractivity contribution < 1.29 is 4.74 Å². The van der Waals surface area contributed by atoms with Gasteiger partial charge in [-0.15, -0.1) is 0 Å². The van der Waals surface area contributed by atoms with Crippen molar-refractivity contribution in [2.45, 2.75) is 46.1 Å². The molecule has 1 aromatic heterocycles. The van der Waals surface area contributed by atoms with Crippen molar-refractivity contribution in [2.24, 2.45) is 5.41 Å². The van der Waals surface area contributed by atoms with Crippen molar-refractivity contribution in [2.75, 3.05) is 11.9 Å². The minimum Gasteiger partial charge on any atom is -0.490 e. The molecule has 0 saturated heterocycles. The normalized spacial score (nSPS) is 22.4. The van der Waals surface area contributed by atoms with Crippen molar-refractivity contribution in [1.29, 1.82) is 0 Å². The fourth-order valence-corrected chi connectivity index (χ4v) is 2.53. The molecule has 1 aliphatic carbocycles. The summed E-state index contributed by atoms with van der Waals surface area (Å²) in [4.78, 5) is 4.39. The van der Waals surface area contributed by atoms with E-state index >= 15 is 0 Å². The number of anilines is 1. The lowest BCUT2D eigenvalue weighted by atomic mass is 9.87. The minimum absolute atomic E-state index is 0.348. The predicted octanol–water partition coefficient (Wildman–Crippen LogP) is 3.47. The Bertz CT molecular complexity index is 376. The Kier molecular flexibility index (Phi) is 3.55. The van der Waals surface area contributed by atoms with Gasteiger partial charge in [-0.2, -0.15) is 0 Å². The molecule has 3 heteroatoms. The Morgan fingerprint density at radius 1 is 1.53 bits per heavy atom. The molecule has 0 spiro atoms. The van der Waals surface area contributed by atoms with Gasteiger partial charge in [0.15, 0.2) is 11.6 Å². The standard InChI is InChI=1S/C14H22N2O/c1-4-17-11-7-6-10-15-13(11)16-12-8-5-9-14(12,2)3/h6-7,10,12H,4-5,8-9H2,1-3H3,(H,15,16). The van der Waals surface area contributed by atoms with E-state index in [1.807, 2.05) is 25.3 Å². The van der Waals surface area contributed by atoms with E-state index in [-0.39, 0.29) is 0 Å². The highest BCUT2D eigenvalue weighted by Gasteiger charge is 2.34. The Hall–Kier alpha value is -1.25. The van der Waals surface area contributed by atoms with Gasteiger partial charge < -0.3 is 10.1 Å². The molecule has 1 N–H and O–H groups in total. The highest BCUT2D eigenvalue weighted by Crippen LogP contribution is 2.39. The van der Waals surface area contributed by atoms with Gasteiger partial charge >= 0.3 is 0 Å². The third kappa shape index (κ3) is 2.71. The molecule has 1 atom stereocenters. The second kappa shape index (κ2) is 4.94. The Morgan fingerprint density at radius 2 is 2.35 bits per heavy atom. The van der Waals surface area contributed by atoms with Gasteiger partial charge in [-0.1, -0.05) is 20.3 Å². The molecule has 1 fully saturated rings. The lowest BCUT2D eigenvalue weighted by Crippen LogP contribution is -2.31. The first-order valence-corrected chi connectivity index (χ1v) is 6.48. The van der Waals surface area contributed by atoms with Gasteiger partial charge in [0, 0.05) is 12.2 Å². The molecule has 1 aromatic rings. The zero-order valence-corrected chi connectivity index (χ0v) is 11.0. The van der Waals surface area contributed by atoms with Gasteiger partial charge in [0.05, 0.1) is 6.61 Å². The third-order valence-electron chi connectivity index (χ3n) is 3.64. The summed E-state index contributed by atoms with van der Waals surface area (Å²) in [6, 6.07) is 4.38. The monoisotopic (exact) mass is 234 g/mol. The highest BCUT2D eigenvalue weighted by molar-refractivity contribution is 5.50. The van der Waals surface area contributed by atoms with Crippen molar-refractivity contribution >= 4 is 5.82 Å². The molecule has 0 radical (unpaired) electrons. The molecule has 2 rings (SSSR count). The van der Waals surface area contributed by atoms with E-state index in [4.69, 9.17) is 4.74 Å². The molecule has 94 valence electrons. The lowest BCUT2D eigenvalue weighted by Gasteiger charge is -2.28. The van der Waals surface area contributed by atoms with Crippen LogP contribution in [0.4, 0.5) is 5.82 Å². The van der Waals surface area contributed by atoms with E-state index in [0.29, 0.717) is 18.1 Å². The Balaban J connectivity index is 2.12. The summed E-state index contributed by atoms with van der Waals surface area (Å²) < 4.78 is 5.59. The number of nitrogens with zero attached hydrogens (tertiary/aromatic N) is 1. The second-order valence-corrected chi connectivity index (χ2v) is 5.36. The van der Waals surface area contributed by atoms with Crippen LogP contribution in [0.2, 0.25) is 0 Å². The Morgan fingerprint density at radius 3 is 3.00 bits per heavy atom. The van der Waals surface area contributed by atoms with Crippen molar-refractivity contribution in [3.05, 3.63) is 18.3 Å². The van der Waals surface area contributed by atoms with Crippen LogP contribution in [0.25, 0.3) is 0 Å². The number of ether oxygens (including phenoxy) is 1. The predicted molar refractivity (Wildman–Crippen MR) is 70.4 cm³/mol. The average molecular weight is 234 g/mol. The first kappa shape index (κ1) is 12.2. The summed E-state index contributed by atoms with van der Waals surface area (Å²) in [6.45, 7) is 7.31. The molecular formula is C14H22N2O. The van der Waals surface area contributed by atoms with E-state index < -0.39 is 0 Å². The quantitative estimate of drug-likeness (QED) is 0.866. The van der Waals surface area contributed by atoms with Crippen LogP contribution in [-0.2, 0) is 0 Å². The van der Waals surface area contributed by atoms with Crippen LogP contribution >= 0.6 is 0 Å². The van der Waals surface area contributed by atoms with Crippen LogP contribution in [0, 0.1) is 5.41 Å². The fourth-order valence-electron chi connectivity index (χ4n) is 2.53. The zero-order chi connectivity index (χ0) is 12.3. The smallest absolute Gasteiger partial charge is 0.168 e. The highest BCUT2D eigenvalue weighted by atomic mass is 16.5. The van der Waals surface area contributed by atoms with Crippen LogP contribution in [0.5, 0.6) is 5.75 Å². The van der Waals surface area contributed by atoms with E-state index in [2.05, 4.69) is 24.1 Å². The van der Waals surface area contributed by atoms with Crippen molar-refractivity contribution in [3.8, 4) is 5.75 Å². The van der Waals surface area contributed by atoms with Crippen LogP contribution in [0.3, 0.4) is 0 Å². The van der Waals surface area contributed by atoms with Gasteiger partial charge in [0.25, 0.3) is 0 Å². The van der Waals surface area contributed by atoms with E-state index in [9.17, 15) is 0 Å². The number of rotatable bonds is 4. The van der Waals surface area contributed by atoms with Crippen LogP contribution < -0.4 is 10.1 Å². The Labute approximate surface area is 104 Å². The largest absolute Gasteiger partial charge is 0.490 e. The molecule has 17 heavy (non-hydrogen) atoms. The average Bonchev–Trinajstić information content (AvgIpc) is 2.61. The topological polar surface area (TPSA) is 34.1 Å². The zero-order valence-electron chi connectivity index (χ0n) is 11.0. The van der Waals surface area contributed by atoms with Crippen molar-refractivity contribution in [1.82, 2.24) is 4.98 Å². The first-order chi connectivity index (χ1) is 8.13. The van der Waals surface area contributed by atoms with Gasteiger partial charge in [-0.3, -0.25) is 0 Å². The SMILES string of the molecule is CCOc1cccnc1NC1CCCC1(C)C. The summed E-state index contributed by atoms with van der Waals surface area (Å²) in [5, 5.41) is 3.55. The number of aromatic nitrogens is 1. The molecule has 1 unspecified atom stereocenters. The molecule has 1 heterocycles. The lowest BCUT2D eigenvalue weighted by molar-refractivity contribution is 0.332. The first-order valence-electron chi connectivity index (χ1n) is 6.48. The summed E-state index contributed by atoms with van der Waals surface area (Å²) in [5.74, 6) is 1.74. The molecule has 0 amide bonds. The minimum atomic E-state index is 0.348. The van der Waals surface area contributed by atoms with Gasteiger partial charge in [-0.25, -0.2) is 4.98 Å². The van der Waals surface area contributed by atoms with Gasteiger partial charge in [-0.05, 0) is 37.3 Å². The van der Waals surface area contributed by atoms with Gasteiger partial charge in [0.1, 0.15) is 0 Å². The number of hydrogen-bond acceptors (Lipinski definition) is 3. The molecule has 1 aliphatic rings. The van der Waals surface area contributed by atoms with Crippen LogP contribution in [0.15, 0.2) is 18.3 Å². The number of nitrogens with one attached hydrogen (secondary N) is 1. The summed E-state index contributed by atoms with van der Waals surface area (Å²) >= 11 is 0. The van der Waals surface area contributed by atoms with Crippen molar-refractivity contribution in [3.63, 3.8) is 0 Å². The van der Waals surface area contributed by atoms with Gasteiger partial charge in [0.2, 0.25) is 0 Å². The summed E-state index contributed by atoms with van der Waals surface area (Å²) in [6.07, 6.45) is 5.60. The van der Waals surface area contributed by atoms with E-state index in [0.717, 1.165) is 11.6 Å². The van der Waals surface area contributed by atoms with E-state index in [1.165, 1.54) is 19.3 Å². The molecule has 0 aromatic carbocycles. The second-order valence-electron chi connectivity index (χ2n) is 5.36. The molecular weight excluding hydrogens is 212 g/mol. The van der Waals surface area contributed by atoms with Crippen LogP contribution in [-0.4, -0.2) is 17.6 Å². The molecule has 0 bridgehead atoms. The molecule has 1 saturated carbocycles. The summed E-state index contributed by atoms with van der Waals surface area (Å²) in [7, 11) is 0.